The summed E-state index contributed by atoms with van der Waals surface area (Å²) in [5.74, 6) is 0.542. The fourth-order valence-corrected chi connectivity index (χ4v) is 2.73. The highest BCUT2D eigenvalue weighted by Gasteiger charge is 2.24. The predicted octanol–water partition coefficient (Wildman–Crippen LogP) is 2.13. The average Bonchev–Trinajstić information content (AvgIpc) is 2.61. The lowest BCUT2D eigenvalue weighted by Crippen LogP contribution is -2.36. The number of fused-ring (bicyclic) bond motifs is 1. The third-order valence-corrected chi connectivity index (χ3v) is 3.85. The van der Waals surface area contributed by atoms with Crippen LogP contribution in [0.2, 0.25) is 0 Å². The van der Waals surface area contributed by atoms with Crippen molar-refractivity contribution in [1.29, 1.82) is 0 Å². The minimum atomic E-state index is -0.0886. The number of nitrogens with one attached hydrogen (secondary N) is 1. The van der Waals surface area contributed by atoms with Crippen LogP contribution in [-0.2, 0) is 11.2 Å². The number of methoxy groups -OCH3 is 1. The van der Waals surface area contributed by atoms with Gasteiger partial charge in [0.05, 0.1) is 6.61 Å². The van der Waals surface area contributed by atoms with Crippen molar-refractivity contribution in [3.63, 3.8) is 0 Å². The zero-order valence-corrected chi connectivity index (χ0v) is 13.2. The Morgan fingerprint density at radius 2 is 2.22 bits per heavy atom. The van der Waals surface area contributed by atoms with Crippen LogP contribution >= 0.6 is 0 Å². The Morgan fingerprint density at radius 1 is 1.35 bits per heavy atom. The molecule has 0 fully saturated rings. The monoisotopic (exact) mass is 312 g/mol. The molecule has 0 radical (unpaired) electrons. The molecule has 0 spiro atoms. The SMILES string of the molecule is COCCNc1cc(C(=O)N2CCCc3ccccc32)ncn1. The molecule has 0 unspecified atom stereocenters. The lowest BCUT2D eigenvalue weighted by molar-refractivity contribution is 0.0980. The number of benzene rings is 1. The van der Waals surface area contributed by atoms with E-state index < -0.39 is 0 Å². The summed E-state index contributed by atoms with van der Waals surface area (Å²) in [4.78, 5) is 22.9. The number of ether oxygens (including phenoxy) is 1. The van der Waals surface area contributed by atoms with Crippen LogP contribution in [-0.4, -0.2) is 42.7 Å². The lowest BCUT2D eigenvalue weighted by Gasteiger charge is -2.29. The number of amides is 1. The van der Waals surface area contributed by atoms with Gasteiger partial charge in [-0.1, -0.05) is 18.2 Å². The van der Waals surface area contributed by atoms with Gasteiger partial charge < -0.3 is 15.0 Å². The van der Waals surface area contributed by atoms with Gasteiger partial charge >= 0.3 is 0 Å². The molecule has 2 aromatic rings. The Bertz CT molecular complexity index is 690. The lowest BCUT2D eigenvalue weighted by atomic mass is 10.0. The molecule has 0 saturated heterocycles. The van der Waals surface area contributed by atoms with Crippen LogP contribution in [0.15, 0.2) is 36.7 Å². The van der Waals surface area contributed by atoms with E-state index >= 15 is 0 Å². The molecule has 1 aromatic heterocycles. The molecule has 0 saturated carbocycles. The van der Waals surface area contributed by atoms with E-state index in [-0.39, 0.29) is 5.91 Å². The fourth-order valence-electron chi connectivity index (χ4n) is 2.73. The van der Waals surface area contributed by atoms with Crippen molar-refractivity contribution in [1.82, 2.24) is 9.97 Å². The van der Waals surface area contributed by atoms with Gasteiger partial charge in [-0.2, -0.15) is 0 Å². The van der Waals surface area contributed by atoms with Gasteiger partial charge in [-0.25, -0.2) is 9.97 Å². The molecule has 6 nitrogen and oxygen atoms in total. The molecule has 3 rings (SSSR count). The van der Waals surface area contributed by atoms with Crippen molar-refractivity contribution in [2.75, 3.05) is 37.0 Å². The van der Waals surface area contributed by atoms with Crippen LogP contribution in [0.4, 0.5) is 11.5 Å². The minimum Gasteiger partial charge on any atom is -0.383 e. The quantitative estimate of drug-likeness (QED) is 0.857. The highest BCUT2D eigenvalue weighted by Crippen LogP contribution is 2.27. The first-order valence-corrected chi connectivity index (χ1v) is 7.74. The number of hydrogen-bond acceptors (Lipinski definition) is 5. The molecule has 23 heavy (non-hydrogen) atoms. The van der Waals surface area contributed by atoms with E-state index in [1.807, 2.05) is 18.2 Å². The first-order chi connectivity index (χ1) is 11.3. The Balaban J connectivity index is 1.80. The minimum absolute atomic E-state index is 0.0886. The summed E-state index contributed by atoms with van der Waals surface area (Å²) in [6.07, 6.45) is 3.39. The molecule has 1 aromatic carbocycles. The second kappa shape index (κ2) is 7.19. The number of carbonyl (C=O) groups excluding carboxylic acids is 1. The molecule has 0 atom stereocenters. The van der Waals surface area contributed by atoms with E-state index in [4.69, 9.17) is 4.74 Å². The van der Waals surface area contributed by atoms with Crippen LogP contribution in [0, 0.1) is 0 Å². The molecule has 0 bridgehead atoms. The van der Waals surface area contributed by atoms with E-state index in [0.717, 1.165) is 18.5 Å². The molecule has 1 amide bonds. The summed E-state index contributed by atoms with van der Waals surface area (Å²) in [6, 6.07) is 9.73. The van der Waals surface area contributed by atoms with Crippen molar-refractivity contribution in [2.45, 2.75) is 12.8 Å². The van der Waals surface area contributed by atoms with Crippen LogP contribution in [0.25, 0.3) is 0 Å². The van der Waals surface area contributed by atoms with Gasteiger partial charge in [-0.05, 0) is 24.5 Å². The zero-order chi connectivity index (χ0) is 16.1. The van der Waals surface area contributed by atoms with E-state index in [1.165, 1.54) is 11.9 Å². The largest absolute Gasteiger partial charge is 0.383 e. The standard InChI is InChI=1S/C17H20N4O2/c1-23-10-8-18-16-11-14(19-12-20-16)17(22)21-9-4-6-13-5-2-3-7-15(13)21/h2-3,5,7,11-12H,4,6,8-10H2,1H3,(H,18,19,20). The van der Waals surface area contributed by atoms with Crippen molar-refractivity contribution >= 4 is 17.4 Å². The van der Waals surface area contributed by atoms with Gasteiger partial charge in [0.25, 0.3) is 5.91 Å². The normalized spacial score (nSPS) is 13.5. The maximum Gasteiger partial charge on any atom is 0.277 e. The number of anilines is 2. The molecule has 120 valence electrons. The Hall–Kier alpha value is -2.47. The number of nitrogens with zero attached hydrogens (tertiary/aromatic N) is 3. The second-order valence-corrected chi connectivity index (χ2v) is 5.40. The molecule has 1 aliphatic rings. The third-order valence-electron chi connectivity index (χ3n) is 3.85. The van der Waals surface area contributed by atoms with E-state index in [9.17, 15) is 4.79 Å². The highest BCUT2D eigenvalue weighted by molar-refractivity contribution is 6.05. The van der Waals surface area contributed by atoms with Crippen molar-refractivity contribution in [3.8, 4) is 0 Å². The Morgan fingerprint density at radius 3 is 3.09 bits per heavy atom. The first kappa shape index (κ1) is 15.4. The van der Waals surface area contributed by atoms with Crippen molar-refractivity contribution in [3.05, 3.63) is 47.9 Å². The second-order valence-electron chi connectivity index (χ2n) is 5.40. The zero-order valence-electron chi connectivity index (χ0n) is 13.2. The summed E-state index contributed by atoms with van der Waals surface area (Å²) in [5.41, 5.74) is 2.59. The summed E-state index contributed by atoms with van der Waals surface area (Å²) < 4.78 is 4.99. The smallest absolute Gasteiger partial charge is 0.277 e. The van der Waals surface area contributed by atoms with Crippen molar-refractivity contribution < 1.29 is 9.53 Å². The topological polar surface area (TPSA) is 67.3 Å². The number of rotatable bonds is 5. The van der Waals surface area contributed by atoms with Gasteiger partial charge in [0.15, 0.2) is 0 Å². The van der Waals surface area contributed by atoms with E-state index in [0.29, 0.717) is 31.2 Å². The summed E-state index contributed by atoms with van der Waals surface area (Å²) in [5, 5.41) is 3.12. The van der Waals surface area contributed by atoms with Gasteiger partial charge in [0, 0.05) is 32.0 Å². The van der Waals surface area contributed by atoms with Crippen LogP contribution < -0.4 is 10.2 Å². The summed E-state index contributed by atoms with van der Waals surface area (Å²) >= 11 is 0. The molecule has 1 N–H and O–H groups in total. The molecule has 1 aliphatic heterocycles. The first-order valence-electron chi connectivity index (χ1n) is 7.74. The number of carbonyl (C=O) groups is 1. The van der Waals surface area contributed by atoms with Crippen molar-refractivity contribution in [2.24, 2.45) is 0 Å². The van der Waals surface area contributed by atoms with E-state index in [2.05, 4.69) is 21.4 Å². The van der Waals surface area contributed by atoms with Crippen LogP contribution in [0.5, 0.6) is 0 Å². The Kier molecular flexibility index (Phi) is 4.83. The maximum absolute atomic E-state index is 12.8. The van der Waals surface area contributed by atoms with E-state index in [1.54, 1.807) is 18.1 Å². The van der Waals surface area contributed by atoms with Gasteiger partial charge in [-0.3, -0.25) is 4.79 Å². The predicted molar refractivity (Wildman–Crippen MR) is 88.8 cm³/mol. The molecule has 0 aliphatic carbocycles. The van der Waals surface area contributed by atoms with Gasteiger partial charge in [-0.15, -0.1) is 0 Å². The number of aryl methyl sites for hydroxylation is 1. The summed E-state index contributed by atoms with van der Waals surface area (Å²) in [6.45, 7) is 1.92. The third kappa shape index (κ3) is 3.48. The highest BCUT2D eigenvalue weighted by atomic mass is 16.5. The molecular formula is C17H20N4O2. The van der Waals surface area contributed by atoms with Gasteiger partial charge in [0.1, 0.15) is 17.8 Å². The number of para-hydroxylation sites is 1. The molecule has 2 heterocycles. The number of hydrogen-bond donors (Lipinski definition) is 1. The molecular weight excluding hydrogens is 292 g/mol. The fraction of sp³-hybridized carbons (Fsp3) is 0.353. The van der Waals surface area contributed by atoms with Crippen LogP contribution in [0.3, 0.4) is 0 Å². The number of aromatic nitrogens is 2. The average molecular weight is 312 g/mol. The van der Waals surface area contributed by atoms with Gasteiger partial charge in [0.2, 0.25) is 0 Å². The summed E-state index contributed by atoms with van der Waals surface area (Å²) in [7, 11) is 1.64. The molecule has 6 heteroatoms. The Labute approximate surface area is 135 Å². The maximum atomic E-state index is 12.8. The van der Waals surface area contributed by atoms with Crippen LogP contribution in [0.1, 0.15) is 22.5 Å².